The van der Waals surface area contributed by atoms with Gasteiger partial charge in [0.2, 0.25) is 0 Å². The Morgan fingerprint density at radius 1 is 0.946 bits per heavy atom. The number of likely N-dealkylation sites (tertiary alicyclic amines) is 1. The minimum Gasteiger partial charge on any atom is -0.507 e. The molecule has 1 saturated heterocycles. The number of aliphatic hydroxyl groups excluding tert-OH is 1. The number of Topliss-reactive ketones (excluding diaryl/α,β-unsaturated/α-hetero) is 1. The summed E-state index contributed by atoms with van der Waals surface area (Å²) < 4.78 is 16.0. The first-order valence-corrected chi connectivity index (χ1v) is 11.8. The number of aliphatic hydroxyl groups is 1. The van der Waals surface area contributed by atoms with Crippen molar-refractivity contribution in [3.63, 3.8) is 0 Å². The van der Waals surface area contributed by atoms with Crippen molar-refractivity contribution in [1.29, 1.82) is 0 Å². The number of ether oxygens (including phenoxy) is 3. The van der Waals surface area contributed by atoms with Gasteiger partial charge < -0.3 is 29.3 Å². The molecule has 1 amide bonds. The Morgan fingerprint density at radius 3 is 2.24 bits per heavy atom. The largest absolute Gasteiger partial charge is 0.507 e. The normalized spacial score (nSPS) is 16.6. The van der Waals surface area contributed by atoms with Gasteiger partial charge >= 0.3 is 0 Å². The van der Waals surface area contributed by atoms with Crippen LogP contribution in [0.5, 0.6) is 23.0 Å². The van der Waals surface area contributed by atoms with Gasteiger partial charge in [-0.15, -0.1) is 0 Å². The van der Waals surface area contributed by atoms with Crippen LogP contribution < -0.4 is 14.2 Å². The number of amides is 1. The van der Waals surface area contributed by atoms with Crippen LogP contribution in [0.4, 0.5) is 0 Å². The van der Waals surface area contributed by atoms with Gasteiger partial charge in [-0.1, -0.05) is 18.2 Å². The van der Waals surface area contributed by atoms with Crippen LogP contribution in [0.15, 0.2) is 66.2 Å². The van der Waals surface area contributed by atoms with Crippen molar-refractivity contribution >= 4 is 17.4 Å². The van der Waals surface area contributed by atoms with Gasteiger partial charge in [0.15, 0.2) is 11.5 Å². The van der Waals surface area contributed by atoms with Crippen molar-refractivity contribution < 1.29 is 34.0 Å². The van der Waals surface area contributed by atoms with Gasteiger partial charge in [-0.25, -0.2) is 0 Å². The molecular weight excluding hydrogens is 474 g/mol. The SMILES string of the molecule is CCOc1cc(C2/C(=C(\O)c3ccc(OC)cc3C)C(=O)C(=O)N2Cc2ccc(OC)cc2)ccc1O. The molecule has 3 aromatic carbocycles. The minimum absolute atomic E-state index is 0.0417. The first kappa shape index (κ1) is 25.6. The van der Waals surface area contributed by atoms with Crippen LogP contribution in [0.1, 0.15) is 35.2 Å². The molecule has 1 aliphatic heterocycles. The summed E-state index contributed by atoms with van der Waals surface area (Å²) in [6.45, 7) is 4.00. The Bertz CT molecular complexity index is 1360. The predicted octanol–water partition coefficient (Wildman–Crippen LogP) is 4.74. The highest BCUT2D eigenvalue weighted by Crippen LogP contribution is 2.43. The summed E-state index contributed by atoms with van der Waals surface area (Å²) in [5, 5.41) is 21.7. The van der Waals surface area contributed by atoms with Crippen LogP contribution in [-0.2, 0) is 16.1 Å². The Kier molecular flexibility index (Phi) is 7.38. The summed E-state index contributed by atoms with van der Waals surface area (Å²) in [7, 11) is 3.11. The van der Waals surface area contributed by atoms with Crippen LogP contribution in [-0.4, -0.2) is 47.6 Å². The fourth-order valence-electron chi connectivity index (χ4n) is 4.46. The summed E-state index contributed by atoms with van der Waals surface area (Å²) in [5.41, 5.74) is 2.34. The number of hydrogen-bond acceptors (Lipinski definition) is 7. The molecule has 0 saturated carbocycles. The van der Waals surface area contributed by atoms with E-state index < -0.39 is 17.7 Å². The molecule has 37 heavy (non-hydrogen) atoms. The number of carbonyl (C=O) groups excluding carboxylic acids is 2. The highest BCUT2D eigenvalue weighted by molar-refractivity contribution is 6.46. The summed E-state index contributed by atoms with van der Waals surface area (Å²) >= 11 is 0. The molecule has 4 rings (SSSR count). The fraction of sp³-hybridized carbons (Fsp3) is 0.241. The highest BCUT2D eigenvalue weighted by atomic mass is 16.5. The molecule has 3 aromatic rings. The first-order chi connectivity index (χ1) is 17.8. The molecule has 0 radical (unpaired) electrons. The molecule has 1 fully saturated rings. The third-order valence-corrected chi connectivity index (χ3v) is 6.34. The molecule has 0 bridgehead atoms. The van der Waals surface area contributed by atoms with Crippen molar-refractivity contribution in [2.75, 3.05) is 20.8 Å². The van der Waals surface area contributed by atoms with E-state index >= 15 is 0 Å². The van der Waals surface area contributed by atoms with E-state index in [0.29, 0.717) is 34.8 Å². The van der Waals surface area contributed by atoms with Crippen LogP contribution in [0.2, 0.25) is 0 Å². The van der Waals surface area contributed by atoms with Crippen LogP contribution in [0.25, 0.3) is 5.76 Å². The monoisotopic (exact) mass is 503 g/mol. The highest BCUT2D eigenvalue weighted by Gasteiger charge is 2.46. The molecule has 0 aromatic heterocycles. The fourth-order valence-corrected chi connectivity index (χ4v) is 4.46. The lowest BCUT2D eigenvalue weighted by atomic mass is 9.93. The van der Waals surface area contributed by atoms with E-state index in [1.807, 2.05) is 12.1 Å². The second-order valence-electron chi connectivity index (χ2n) is 8.62. The Hall–Kier alpha value is -4.46. The van der Waals surface area contributed by atoms with Gasteiger partial charge in [-0.05, 0) is 73.0 Å². The number of aromatic hydroxyl groups is 1. The van der Waals surface area contributed by atoms with Crippen LogP contribution in [0.3, 0.4) is 0 Å². The van der Waals surface area contributed by atoms with Crippen molar-refractivity contribution in [2.24, 2.45) is 0 Å². The van der Waals surface area contributed by atoms with Gasteiger partial charge in [0.25, 0.3) is 11.7 Å². The molecule has 8 heteroatoms. The summed E-state index contributed by atoms with van der Waals surface area (Å²) in [6.07, 6.45) is 0. The van der Waals surface area contributed by atoms with Gasteiger partial charge in [0, 0.05) is 12.1 Å². The smallest absolute Gasteiger partial charge is 0.295 e. The lowest BCUT2D eigenvalue weighted by Crippen LogP contribution is -2.29. The van der Waals surface area contributed by atoms with Crippen LogP contribution >= 0.6 is 0 Å². The summed E-state index contributed by atoms with van der Waals surface area (Å²) in [4.78, 5) is 28.1. The number of nitrogens with zero attached hydrogens (tertiary/aromatic N) is 1. The zero-order valence-corrected chi connectivity index (χ0v) is 21.1. The van der Waals surface area contributed by atoms with Crippen molar-refractivity contribution in [1.82, 2.24) is 4.90 Å². The standard InChI is InChI=1S/C29H29NO7/c1-5-37-24-15-19(8-13-23(24)31)26-25(27(32)22-12-11-21(36-4)14-17(22)2)28(33)29(34)30(26)16-18-6-9-20(35-3)10-7-18/h6-15,26,31-32H,5,16H2,1-4H3/b27-25+. The number of phenols is 1. The quantitative estimate of drug-likeness (QED) is 0.260. The molecule has 0 aliphatic carbocycles. The van der Waals surface area contributed by atoms with E-state index in [1.165, 1.54) is 11.0 Å². The van der Waals surface area contributed by atoms with Crippen LogP contribution in [0, 0.1) is 6.92 Å². The second-order valence-corrected chi connectivity index (χ2v) is 8.62. The van der Waals surface area contributed by atoms with Crippen molar-refractivity contribution in [2.45, 2.75) is 26.4 Å². The minimum atomic E-state index is -0.914. The van der Waals surface area contributed by atoms with Crippen molar-refractivity contribution in [3.05, 3.63) is 88.5 Å². The topological polar surface area (TPSA) is 106 Å². The molecule has 192 valence electrons. The summed E-state index contributed by atoms with van der Waals surface area (Å²) in [6, 6.07) is 16.0. The molecule has 1 atom stereocenters. The third kappa shape index (κ3) is 4.95. The molecule has 0 spiro atoms. The maximum Gasteiger partial charge on any atom is 0.295 e. The molecular formula is C29H29NO7. The number of benzene rings is 3. The van der Waals surface area contributed by atoms with E-state index in [4.69, 9.17) is 14.2 Å². The van der Waals surface area contributed by atoms with E-state index in [9.17, 15) is 19.8 Å². The van der Waals surface area contributed by atoms with Gasteiger partial charge in [0.05, 0.1) is 32.4 Å². The maximum atomic E-state index is 13.4. The zero-order chi connectivity index (χ0) is 26.7. The molecule has 1 aliphatic rings. The number of rotatable bonds is 8. The number of phenolic OH excluding ortho intramolecular Hbond substituents is 1. The van der Waals surface area contributed by atoms with E-state index in [1.54, 1.807) is 70.5 Å². The van der Waals surface area contributed by atoms with E-state index in [2.05, 4.69) is 0 Å². The van der Waals surface area contributed by atoms with Gasteiger partial charge in [-0.3, -0.25) is 9.59 Å². The third-order valence-electron chi connectivity index (χ3n) is 6.34. The predicted molar refractivity (Wildman–Crippen MR) is 138 cm³/mol. The molecule has 1 unspecified atom stereocenters. The summed E-state index contributed by atoms with van der Waals surface area (Å²) in [5.74, 6) is -0.398. The van der Waals surface area contributed by atoms with Gasteiger partial charge in [0.1, 0.15) is 17.3 Å². The zero-order valence-electron chi connectivity index (χ0n) is 21.1. The van der Waals surface area contributed by atoms with Crippen molar-refractivity contribution in [3.8, 4) is 23.0 Å². The lowest BCUT2D eigenvalue weighted by molar-refractivity contribution is -0.140. The number of ketones is 1. The second kappa shape index (κ2) is 10.7. The number of methoxy groups -OCH3 is 2. The molecule has 8 nitrogen and oxygen atoms in total. The Morgan fingerprint density at radius 2 is 1.62 bits per heavy atom. The maximum absolute atomic E-state index is 13.4. The van der Waals surface area contributed by atoms with Gasteiger partial charge in [-0.2, -0.15) is 0 Å². The Balaban J connectivity index is 1.88. The molecule has 1 heterocycles. The first-order valence-electron chi connectivity index (χ1n) is 11.8. The Labute approximate surface area is 215 Å². The average Bonchev–Trinajstić information content (AvgIpc) is 3.15. The number of aryl methyl sites for hydroxylation is 1. The average molecular weight is 504 g/mol. The lowest BCUT2D eigenvalue weighted by Gasteiger charge is -2.26. The van der Waals surface area contributed by atoms with E-state index in [0.717, 1.165) is 5.56 Å². The number of hydrogen-bond donors (Lipinski definition) is 2. The molecule has 2 N–H and O–H groups in total. The number of carbonyl (C=O) groups is 2. The van der Waals surface area contributed by atoms with E-state index in [-0.39, 0.29) is 29.4 Å².